The molecule has 0 N–H and O–H groups in total. The molecule has 0 atom stereocenters. The lowest BCUT2D eigenvalue weighted by molar-refractivity contribution is 0.460. The maximum atomic E-state index is 2.58. The van der Waals surface area contributed by atoms with Crippen molar-refractivity contribution in [2.75, 3.05) is 5.90 Å². The largest absolute Gasteiger partial charge is 0.0906 e. The Bertz CT molecular complexity index is 311. The Kier molecular flexibility index (Phi) is 4.98. The molecule has 0 aromatic heterocycles. The second kappa shape index (κ2) is 5.74. The molecular formula is C19H38P2. The zero-order valence-electron chi connectivity index (χ0n) is 15.8. The second-order valence-electron chi connectivity index (χ2n) is 9.95. The van der Waals surface area contributed by atoms with Crippen LogP contribution in [0.2, 0.25) is 0 Å². The second-order valence-corrected chi connectivity index (χ2v) is 17.6. The summed E-state index contributed by atoms with van der Waals surface area (Å²) in [6, 6.07) is 0. The molecule has 0 amide bonds. The van der Waals surface area contributed by atoms with Crippen LogP contribution >= 0.6 is 15.8 Å². The Morgan fingerprint density at radius 2 is 0.762 bits per heavy atom. The molecule has 0 aromatic rings. The summed E-state index contributed by atoms with van der Waals surface area (Å²) in [5.41, 5.74) is 0. The van der Waals surface area contributed by atoms with Crippen LogP contribution in [0.4, 0.5) is 0 Å². The van der Waals surface area contributed by atoms with Crippen LogP contribution in [-0.4, -0.2) is 26.5 Å². The van der Waals surface area contributed by atoms with Crippen LogP contribution in [0.25, 0.3) is 0 Å². The maximum absolute atomic E-state index is 2.58. The smallest absolute Gasteiger partial charge is 0.0101 e. The molecule has 0 nitrogen and oxygen atoms in total. The minimum absolute atomic E-state index is 0.131. The highest BCUT2D eigenvalue weighted by atomic mass is 31.2. The average Bonchev–Trinajstić information content (AvgIpc) is 2.23. The Morgan fingerprint density at radius 1 is 0.524 bits per heavy atom. The first-order valence-corrected chi connectivity index (χ1v) is 12.0. The molecule has 2 heteroatoms. The van der Waals surface area contributed by atoms with Gasteiger partial charge in [-0.2, -0.15) is 0 Å². The van der Waals surface area contributed by atoms with Gasteiger partial charge in [0.1, 0.15) is 0 Å². The lowest BCUT2D eigenvalue weighted by Gasteiger charge is -2.57. The summed E-state index contributed by atoms with van der Waals surface area (Å²) in [5.74, 6) is 1.57. The SMILES string of the molecule is CC1(C)CCCC(C)(C)P1CP1C(C)(C)CCCC1(C)C. The molecule has 0 radical (unpaired) electrons. The monoisotopic (exact) mass is 328 g/mol. The normalized spacial score (nSPS) is 32.0. The fraction of sp³-hybridized carbons (Fsp3) is 1.00. The van der Waals surface area contributed by atoms with Crippen LogP contribution in [0.5, 0.6) is 0 Å². The van der Waals surface area contributed by atoms with E-state index in [1.54, 1.807) is 5.90 Å². The van der Waals surface area contributed by atoms with Crippen molar-refractivity contribution in [2.45, 2.75) is 115 Å². The van der Waals surface area contributed by atoms with E-state index in [0.29, 0.717) is 20.6 Å². The van der Waals surface area contributed by atoms with Crippen LogP contribution in [-0.2, 0) is 0 Å². The van der Waals surface area contributed by atoms with Gasteiger partial charge in [-0.1, -0.05) is 84.1 Å². The van der Waals surface area contributed by atoms with E-state index in [0.717, 1.165) is 0 Å². The van der Waals surface area contributed by atoms with Gasteiger partial charge >= 0.3 is 0 Å². The van der Waals surface area contributed by atoms with Crippen LogP contribution in [0.1, 0.15) is 93.9 Å². The van der Waals surface area contributed by atoms with Gasteiger partial charge in [0.05, 0.1) is 0 Å². The van der Waals surface area contributed by atoms with E-state index >= 15 is 0 Å². The molecule has 0 bridgehead atoms. The minimum atomic E-state index is 0.131. The van der Waals surface area contributed by atoms with E-state index < -0.39 is 0 Å². The molecular weight excluding hydrogens is 290 g/mol. The van der Waals surface area contributed by atoms with Gasteiger partial charge in [-0.15, -0.1) is 0 Å². The van der Waals surface area contributed by atoms with Gasteiger partial charge in [0.2, 0.25) is 0 Å². The van der Waals surface area contributed by atoms with Crippen molar-refractivity contribution < 1.29 is 0 Å². The summed E-state index contributed by atoms with van der Waals surface area (Å²) < 4.78 is 0. The first-order valence-electron chi connectivity index (χ1n) is 8.94. The number of hydrogen-bond acceptors (Lipinski definition) is 0. The van der Waals surface area contributed by atoms with E-state index in [4.69, 9.17) is 0 Å². The van der Waals surface area contributed by atoms with Gasteiger partial charge in [-0.25, -0.2) is 0 Å². The molecule has 0 aromatic carbocycles. The quantitative estimate of drug-likeness (QED) is 0.463. The molecule has 21 heavy (non-hydrogen) atoms. The molecule has 124 valence electrons. The molecule has 0 saturated carbocycles. The molecule has 0 aliphatic carbocycles. The highest BCUT2D eigenvalue weighted by molar-refractivity contribution is 7.77. The van der Waals surface area contributed by atoms with Gasteiger partial charge in [0, 0.05) is 0 Å². The predicted octanol–water partition coefficient (Wildman–Crippen LogP) is 7.39. The van der Waals surface area contributed by atoms with Crippen molar-refractivity contribution in [2.24, 2.45) is 0 Å². The molecule has 0 spiro atoms. The van der Waals surface area contributed by atoms with E-state index in [-0.39, 0.29) is 15.8 Å². The van der Waals surface area contributed by atoms with E-state index in [1.165, 1.54) is 38.5 Å². The van der Waals surface area contributed by atoms with Crippen LogP contribution in [0.15, 0.2) is 0 Å². The lowest BCUT2D eigenvalue weighted by Crippen LogP contribution is -2.40. The van der Waals surface area contributed by atoms with Gasteiger partial charge in [0.15, 0.2) is 0 Å². The average molecular weight is 328 g/mol. The summed E-state index contributed by atoms with van der Waals surface area (Å²) in [6.07, 6.45) is 8.75. The summed E-state index contributed by atoms with van der Waals surface area (Å²) in [5, 5.41) is 2.40. The highest BCUT2D eigenvalue weighted by Crippen LogP contribution is 2.76. The van der Waals surface area contributed by atoms with E-state index in [9.17, 15) is 0 Å². The topological polar surface area (TPSA) is 0 Å². The first-order chi connectivity index (χ1) is 9.39. The molecule has 2 rings (SSSR count). The standard InChI is InChI=1S/C19H38P2/c1-16(2)11-9-12-17(3,4)20(16)15-21-18(5,6)13-10-14-19(21,7)8/h9-15H2,1-8H3. The predicted molar refractivity (Wildman–Crippen MR) is 103 cm³/mol. The molecule has 2 fully saturated rings. The zero-order valence-corrected chi connectivity index (χ0v) is 17.6. The Labute approximate surface area is 136 Å². The Morgan fingerprint density at radius 3 is 1.00 bits per heavy atom. The summed E-state index contributed by atoms with van der Waals surface area (Å²) >= 11 is 0. The highest BCUT2D eigenvalue weighted by Gasteiger charge is 2.50. The Hall–Kier alpha value is 0.860. The minimum Gasteiger partial charge on any atom is -0.0906 e. The van der Waals surface area contributed by atoms with Crippen LogP contribution in [0.3, 0.4) is 0 Å². The third-order valence-electron chi connectivity index (χ3n) is 6.36. The van der Waals surface area contributed by atoms with Gasteiger partial charge in [-0.3, -0.25) is 0 Å². The fourth-order valence-electron chi connectivity index (χ4n) is 4.99. The molecule has 2 saturated heterocycles. The van der Waals surface area contributed by atoms with Crippen molar-refractivity contribution in [3.63, 3.8) is 0 Å². The van der Waals surface area contributed by atoms with Crippen molar-refractivity contribution in [3.05, 3.63) is 0 Å². The number of hydrogen-bond donors (Lipinski definition) is 0. The zero-order chi connectivity index (χ0) is 16.1. The maximum Gasteiger partial charge on any atom is -0.0101 e. The summed E-state index contributed by atoms with van der Waals surface area (Å²) in [7, 11) is 0.262. The van der Waals surface area contributed by atoms with Crippen LogP contribution in [0, 0.1) is 0 Å². The van der Waals surface area contributed by atoms with Gasteiger partial charge < -0.3 is 0 Å². The Balaban J connectivity index is 2.28. The van der Waals surface area contributed by atoms with Crippen molar-refractivity contribution in [1.29, 1.82) is 0 Å². The van der Waals surface area contributed by atoms with Gasteiger partial charge in [-0.05, 0) is 52.2 Å². The molecule has 2 heterocycles. The number of rotatable bonds is 2. The van der Waals surface area contributed by atoms with E-state index in [2.05, 4.69) is 55.4 Å². The third kappa shape index (κ3) is 3.69. The lowest BCUT2D eigenvalue weighted by atomic mass is 9.98. The van der Waals surface area contributed by atoms with E-state index in [1.807, 2.05) is 0 Å². The molecule has 0 unspecified atom stereocenters. The molecule has 2 aliphatic heterocycles. The van der Waals surface area contributed by atoms with Crippen molar-refractivity contribution in [1.82, 2.24) is 0 Å². The van der Waals surface area contributed by atoms with Crippen molar-refractivity contribution in [3.8, 4) is 0 Å². The van der Waals surface area contributed by atoms with Crippen LogP contribution < -0.4 is 0 Å². The third-order valence-corrected chi connectivity index (χ3v) is 15.4. The summed E-state index contributed by atoms with van der Waals surface area (Å²) in [4.78, 5) is 0. The summed E-state index contributed by atoms with van der Waals surface area (Å²) in [6.45, 7) is 20.7. The van der Waals surface area contributed by atoms with Gasteiger partial charge in [0.25, 0.3) is 0 Å². The fourth-order valence-corrected chi connectivity index (χ4v) is 17.2. The molecule has 2 aliphatic rings. The van der Waals surface area contributed by atoms with Crippen molar-refractivity contribution >= 4 is 15.8 Å². The first kappa shape index (κ1) is 18.2.